The molecule has 1 unspecified atom stereocenters. The molecule has 0 saturated carbocycles. The number of carboxylic acids is 1. The number of hydrogen-bond donors (Lipinski definition) is 2. The summed E-state index contributed by atoms with van der Waals surface area (Å²) in [4.78, 5) is 25.4. The van der Waals surface area contributed by atoms with Gasteiger partial charge in [0.1, 0.15) is 23.3 Å². The predicted molar refractivity (Wildman–Crippen MR) is 133 cm³/mol. The van der Waals surface area contributed by atoms with E-state index in [0.29, 0.717) is 22.7 Å². The van der Waals surface area contributed by atoms with Crippen LogP contribution >= 0.6 is 11.8 Å². The minimum absolute atomic E-state index is 0.0316. The summed E-state index contributed by atoms with van der Waals surface area (Å²) in [6.07, 6.45) is -1.58. The number of carbonyl (C=O) groups is 2. The van der Waals surface area contributed by atoms with E-state index in [1.165, 1.54) is 17.8 Å². The van der Waals surface area contributed by atoms with Crippen molar-refractivity contribution in [2.24, 2.45) is 0 Å². The zero-order chi connectivity index (χ0) is 25.7. The van der Waals surface area contributed by atoms with Gasteiger partial charge < -0.3 is 14.4 Å². The van der Waals surface area contributed by atoms with Crippen LogP contribution in [0, 0.1) is 12.7 Å². The highest BCUT2D eigenvalue weighted by Crippen LogP contribution is 2.34. The Morgan fingerprint density at radius 3 is 2.56 bits per heavy atom. The first kappa shape index (κ1) is 25.0. The van der Waals surface area contributed by atoms with Crippen LogP contribution < -0.4 is 5.32 Å². The third kappa shape index (κ3) is 6.11. The van der Waals surface area contributed by atoms with Crippen LogP contribution in [-0.4, -0.2) is 22.3 Å². The van der Waals surface area contributed by atoms with Crippen molar-refractivity contribution in [2.45, 2.75) is 36.2 Å². The minimum atomic E-state index is -0.876. The van der Waals surface area contributed by atoms with Crippen molar-refractivity contribution < 1.29 is 28.3 Å². The van der Waals surface area contributed by atoms with Crippen molar-refractivity contribution in [3.05, 3.63) is 95.5 Å². The molecule has 0 fully saturated rings. The molecule has 4 aromatic rings. The third-order valence-electron chi connectivity index (χ3n) is 5.33. The number of hydrogen-bond acceptors (Lipinski definition) is 6. The van der Waals surface area contributed by atoms with Crippen LogP contribution in [0.3, 0.4) is 0 Å². The number of aliphatic carboxylic acids is 1. The number of halogens is 1. The van der Waals surface area contributed by atoms with E-state index in [1.807, 2.05) is 42.5 Å². The SMILES string of the molecule is Cc1onc(-c2ccc(Sc3cccc(CC(=O)O)c3)cc2)c1NC(=O)OC(C)c1ccccc1F. The second-order valence-electron chi connectivity index (χ2n) is 8.00. The van der Waals surface area contributed by atoms with E-state index in [-0.39, 0.29) is 12.0 Å². The maximum atomic E-state index is 14.0. The van der Waals surface area contributed by atoms with Gasteiger partial charge in [-0.25, -0.2) is 9.18 Å². The zero-order valence-corrected chi connectivity index (χ0v) is 20.3. The Labute approximate surface area is 211 Å². The topological polar surface area (TPSA) is 102 Å². The lowest BCUT2D eigenvalue weighted by Gasteiger charge is -2.15. The van der Waals surface area contributed by atoms with Crippen LogP contribution in [-0.2, 0) is 16.0 Å². The number of amides is 1. The Balaban J connectivity index is 1.45. The Morgan fingerprint density at radius 1 is 1.08 bits per heavy atom. The molecule has 2 N–H and O–H groups in total. The van der Waals surface area contributed by atoms with Crippen molar-refractivity contribution in [3.63, 3.8) is 0 Å². The van der Waals surface area contributed by atoms with Gasteiger partial charge in [0.2, 0.25) is 0 Å². The lowest BCUT2D eigenvalue weighted by Crippen LogP contribution is -2.17. The van der Waals surface area contributed by atoms with E-state index in [1.54, 1.807) is 38.1 Å². The molecule has 1 heterocycles. The van der Waals surface area contributed by atoms with E-state index in [9.17, 15) is 14.0 Å². The summed E-state index contributed by atoms with van der Waals surface area (Å²) in [6.45, 7) is 3.26. The van der Waals surface area contributed by atoms with E-state index in [4.69, 9.17) is 14.4 Å². The quantitative estimate of drug-likeness (QED) is 0.269. The van der Waals surface area contributed by atoms with E-state index < -0.39 is 24.0 Å². The molecule has 0 spiro atoms. The summed E-state index contributed by atoms with van der Waals surface area (Å²) in [7, 11) is 0. The molecule has 184 valence electrons. The molecular weight excluding hydrogens is 483 g/mol. The van der Waals surface area contributed by atoms with Crippen LogP contribution in [0.25, 0.3) is 11.3 Å². The van der Waals surface area contributed by atoms with Crippen LogP contribution in [0.1, 0.15) is 29.9 Å². The highest BCUT2D eigenvalue weighted by atomic mass is 32.2. The molecule has 1 amide bonds. The Bertz CT molecular complexity index is 1390. The summed E-state index contributed by atoms with van der Waals surface area (Å²) in [5.41, 5.74) is 2.52. The van der Waals surface area contributed by atoms with Gasteiger partial charge in [-0.3, -0.25) is 10.1 Å². The monoisotopic (exact) mass is 506 g/mol. The average Bonchev–Trinajstić information content (AvgIpc) is 3.19. The van der Waals surface area contributed by atoms with Crippen LogP contribution in [0.5, 0.6) is 0 Å². The van der Waals surface area contributed by atoms with Gasteiger partial charge in [0.15, 0.2) is 5.76 Å². The Morgan fingerprint density at radius 2 is 1.83 bits per heavy atom. The van der Waals surface area contributed by atoms with Gasteiger partial charge >= 0.3 is 12.1 Å². The van der Waals surface area contributed by atoms with Crippen molar-refractivity contribution in [3.8, 4) is 11.3 Å². The summed E-state index contributed by atoms with van der Waals surface area (Å²) < 4.78 is 24.6. The fourth-order valence-electron chi connectivity index (χ4n) is 3.59. The molecule has 36 heavy (non-hydrogen) atoms. The molecule has 3 aromatic carbocycles. The zero-order valence-electron chi connectivity index (χ0n) is 19.5. The second kappa shape index (κ2) is 11.1. The number of benzene rings is 3. The van der Waals surface area contributed by atoms with Crippen LogP contribution in [0.15, 0.2) is 87.1 Å². The predicted octanol–water partition coefficient (Wildman–Crippen LogP) is 6.88. The van der Waals surface area contributed by atoms with Crippen molar-refractivity contribution >= 4 is 29.5 Å². The fraction of sp³-hybridized carbons (Fsp3) is 0.148. The maximum Gasteiger partial charge on any atom is 0.412 e. The first-order chi connectivity index (χ1) is 17.3. The van der Waals surface area contributed by atoms with Crippen LogP contribution in [0.2, 0.25) is 0 Å². The smallest absolute Gasteiger partial charge is 0.412 e. The molecule has 0 aliphatic carbocycles. The molecule has 0 aliphatic heterocycles. The molecule has 0 bridgehead atoms. The molecule has 4 rings (SSSR count). The third-order valence-corrected chi connectivity index (χ3v) is 6.33. The standard InChI is InChI=1S/C27H23FN2O5S/c1-16(22-8-3-4-9-23(22)28)34-27(33)29-25-17(2)35-30-26(25)19-10-12-20(13-11-19)36-21-7-5-6-18(14-21)15-24(31)32/h3-14,16H,15H2,1-2H3,(H,29,33)(H,31,32). The van der Waals surface area contributed by atoms with Gasteiger partial charge in [-0.15, -0.1) is 0 Å². The summed E-state index contributed by atoms with van der Waals surface area (Å²) in [6, 6.07) is 21.0. The van der Waals surface area contributed by atoms with Gasteiger partial charge in [-0.1, -0.05) is 59.4 Å². The van der Waals surface area contributed by atoms with Crippen molar-refractivity contribution in [1.29, 1.82) is 0 Å². The number of aromatic nitrogens is 1. The summed E-state index contributed by atoms with van der Waals surface area (Å²) >= 11 is 1.50. The molecule has 1 aromatic heterocycles. The van der Waals surface area contributed by atoms with Crippen molar-refractivity contribution in [1.82, 2.24) is 5.16 Å². The highest BCUT2D eigenvalue weighted by Gasteiger charge is 2.20. The normalized spacial score (nSPS) is 11.6. The van der Waals surface area contributed by atoms with Crippen LogP contribution in [0.4, 0.5) is 14.9 Å². The van der Waals surface area contributed by atoms with E-state index in [2.05, 4.69) is 10.5 Å². The molecule has 9 heteroatoms. The number of nitrogens with zero attached hydrogens (tertiary/aromatic N) is 1. The second-order valence-corrected chi connectivity index (χ2v) is 9.15. The number of anilines is 1. The summed E-state index contributed by atoms with van der Waals surface area (Å²) in [5, 5.41) is 15.7. The van der Waals surface area contributed by atoms with E-state index in [0.717, 1.165) is 15.4 Å². The number of carbonyl (C=O) groups excluding carboxylic acids is 1. The molecular formula is C27H23FN2O5S. The maximum absolute atomic E-state index is 14.0. The lowest BCUT2D eigenvalue weighted by molar-refractivity contribution is -0.136. The molecule has 0 saturated heterocycles. The highest BCUT2D eigenvalue weighted by molar-refractivity contribution is 7.99. The number of nitrogens with one attached hydrogen (secondary N) is 1. The van der Waals surface area contributed by atoms with Gasteiger partial charge in [-0.05, 0) is 49.7 Å². The van der Waals surface area contributed by atoms with Crippen molar-refractivity contribution in [2.75, 3.05) is 5.32 Å². The van der Waals surface area contributed by atoms with Gasteiger partial charge in [0, 0.05) is 20.9 Å². The van der Waals surface area contributed by atoms with E-state index >= 15 is 0 Å². The fourth-order valence-corrected chi connectivity index (χ4v) is 4.49. The first-order valence-electron chi connectivity index (χ1n) is 11.1. The summed E-state index contributed by atoms with van der Waals surface area (Å²) in [5.74, 6) is -0.931. The molecule has 7 nitrogen and oxygen atoms in total. The number of ether oxygens (including phenoxy) is 1. The minimum Gasteiger partial charge on any atom is -0.481 e. The molecule has 0 aliphatic rings. The largest absolute Gasteiger partial charge is 0.481 e. The lowest BCUT2D eigenvalue weighted by atomic mass is 10.1. The van der Waals surface area contributed by atoms with Gasteiger partial charge in [0.05, 0.1) is 6.42 Å². The van der Waals surface area contributed by atoms with Gasteiger partial charge in [0.25, 0.3) is 0 Å². The first-order valence-corrected chi connectivity index (χ1v) is 11.9. The average molecular weight is 507 g/mol. The Kier molecular flexibility index (Phi) is 7.70. The number of aryl methyl sites for hydroxylation is 1. The molecule has 1 atom stereocenters. The number of carboxylic acid groups (broad SMARTS) is 1. The Hall–Kier alpha value is -4.11. The number of rotatable bonds is 8. The van der Waals surface area contributed by atoms with Gasteiger partial charge in [-0.2, -0.15) is 0 Å². The molecule has 0 radical (unpaired) electrons.